The summed E-state index contributed by atoms with van der Waals surface area (Å²) in [5.74, 6) is 0.959. The van der Waals surface area contributed by atoms with Crippen LogP contribution in [0.4, 0.5) is 11.4 Å². The first-order valence-corrected chi connectivity index (χ1v) is 9.10. The number of piperazine rings is 1. The van der Waals surface area contributed by atoms with E-state index in [1.54, 1.807) is 0 Å². The maximum atomic E-state index is 11.7. The van der Waals surface area contributed by atoms with Crippen molar-refractivity contribution in [1.82, 2.24) is 9.80 Å². The number of nitrogens with two attached hydrogens (primary N) is 1. The highest BCUT2D eigenvalue weighted by molar-refractivity contribution is 5.87. The molecule has 3 heterocycles. The molecule has 2 saturated heterocycles. The van der Waals surface area contributed by atoms with E-state index in [4.69, 9.17) is 10.5 Å². The van der Waals surface area contributed by atoms with Gasteiger partial charge in [-0.2, -0.15) is 0 Å². The van der Waals surface area contributed by atoms with Crippen molar-refractivity contribution in [2.24, 2.45) is 0 Å². The lowest BCUT2D eigenvalue weighted by Gasteiger charge is -2.49. The van der Waals surface area contributed by atoms with Crippen LogP contribution < -0.4 is 15.4 Å². The van der Waals surface area contributed by atoms with Crippen molar-refractivity contribution in [3.63, 3.8) is 0 Å². The van der Waals surface area contributed by atoms with Gasteiger partial charge in [0, 0.05) is 50.5 Å². The van der Waals surface area contributed by atoms with E-state index < -0.39 is 0 Å². The van der Waals surface area contributed by atoms with Gasteiger partial charge in [-0.1, -0.05) is 6.58 Å². The third kappa shape index (κ3) is 3.06. The molecule has 0 aromatic heterocycles. The van der Waals surface area contributed by atoms with Gasteiger partial charge in [0.1, 0.15) is 12.4 Å². The fraction of sp³-hybridized carbons (Fsp3) is 0.526. The van der Waals surface area contributed by atoms with Gasteiger partial charge >= 0.3 is 0 Å². The molecule has 1 amide bonds. The second-order valence-electron chi connectivity index (χ2n) is 7.14. The minimum Gasteiger partial charge on any atom is -0.489 e. The van der Waals surface area contributed by atoms with Crippen molar-refractivity contribution in [3.05, 3.63) is 30.9 Å². The quantitative estimate of drug-likeness (QED) is 0.649. The Morgan fingerprint density at radius 2 is 2.00 bits per heavy atom. The maximum absolute atomic E-state index is 11.7. The van der Waals surface area contributed by atoms with Gasteiger partial charge in [0.25, 0.3) is 0 Å². The summed E-state index contributed by atoms with van der Waals surface area (Å²) in [6.45, 7) is 9.04. The Bertz CT molecular complexity index is 669. The van der Waals surface area contributed by atoms with Gasteiger partial charge in [0.05, 0.1) is 11.7 Å². The Morgan fingerprint density at radius 1 is 1.20 bits per heavy atom. The Hall–Kier alpha value is -2.21. The van der Waals surface area contributed by atoms with E-state index in [9.17, 15) is 4.79 Å². The Kier molecular flexibility index (Phi) is 4.29. The lowest BCUT2D eigenvalue weighted by atomic mass is 9.99. The first-order valence-electron chi connectivity index (χ1n) is 9.10. The van der Waals surface area contributed by atoms with E-state index in [0.717, 1.165) is 62.7 Å². The lowest BCUT2D eigenvalue weighted by molar-refractivity contribution is -0.127. The van der Waals surface area contributed by atoms with Gasteiger partial charge in [-0.15, -0.1) is 0 Å². The highest BCUT2D eigenvalue weighted by atomic mass is 16.5. The summed E-state index contributed by atoms with van der Waals surface area (Å²) in [6.07, 6.45) is 3.50. The van der Waals surface area contributed by atoms with Crippen LogP contribution in [0.15, 0.2) is 30.9 Å². The van der Waals surface area contributed by atoms with Crippen LogP contribution in [0.5, 0.6) is 5.75 Å². The average Bonchev–Trinajstić information content (AvgIpc) is 2.66. The molecule has 2 fully saturated rings. The summed E-state index contributed by atoms with van der Waals surface area (Å²) in [4.78, 5) is 18.7. The smallest absolute Gasteiger partial charge is 0.245 e. The highest BCUT2D eigenvalue weighted by Gasteiger charge is 2.36. The number of piperidine rings is 1. The fourth-order valence-electron chi connectivity index (χ4n) is 4.32. The van der Waals surface area contributed by atoms with Crippen LogP contribution in [0.1, 0.15) is 12.8 Å². The summed E-state index contributed by atoms with van der Waals surface area (Å²) in [5.41, 5.74) is 7.78. The van der Waals surface area contributed by atoms with E-state index in [-0.39, 0.29) is 5.91 Å². The number of carbonyl (C=O) groups is 1. The number of benzene rings is 1. The molecular formula is C19H26N4O2. The van der Waals surface area contributed by atoms with Gasteiger partial charge < -0.3 is 20.3 Å². The van der Waals surface area contributed by atoms with Crippen molar-refractivity contribution >= 4 is 17.3 Å². The number of hydrogen-bond acceptors (Lipinski definition) is 5. The number of carbonyl (C=O) groups excluding carboxylic acids is 1. The summed E-state index contributed by atoms with van der Waals surface area (Å²) >= 11 is 0. The molecule has 6 heteroatoms. The number of likely N-dealkylation sites (tertiary alicyclic amines) is 1. The van der Waals surface area contributed by atoms with Gasteiger partial charge in [-0.05, 0) is 31.1 Å². The molecule has 0 unspecified atom stereocenters. The Balaban J connectivity index is 1.39. The molecule has 6 nitrogen and oxygen atoms in total. The van der Waals surface area contributed by atoms with Gasteiger partial charge in [0.2, 0.25) is 5.91 Å². The number of anilines is 2. The van der Waals surface area contributed by atoms with Gasteiger partial charge in [-0.25, -0.2) is 0 Å². The zero-order valence-corrected chi connectivity index (χ0v) is 14.6. The van der Waals surface area contributed by atoms with E-state index in [1.165, 1.54) is 6.08 Å². The first kappa shape index (κ1) is 16.3. The van der Waals surface area contributed by atoms with Crippen molar-refractivity contribution in [3.8, 4) is 5.75 Å². The number of rotatable bonds is 2. The van der Waals surface area contributed by atoms with Gasteiger partial charge in [-0.3, -0.25) is 9.69 Å². The molecule has 0 bridgehead atoms. The van der Waals surface area contributed by atoms with Crippen molar-refractivity contribution < 1.29 is 9.53 Å². The third-order valence-corrected chi connectivity index (χ3v) is 5.71. The SMILES string of the molecule is C=CC(=O)N1CCC(N2CCN3c4ccc(N)cc4OC[C@H]3C2)CC1. The van der Waals surface area contributed by atoms with Crippen molar-refractivity contribution in [1.29, 1.82) is 0 Å². The fourth-order valence-corrected chi connectivity index (χ4v) is 4.32. The Labute approximate surface area is 148 Å². The highest BCUT2D eigenvalue weighted by Crippen LogP contribution is 2.37. The summed E-state index contributed by atoms with van der Waals surface area (Å²) in [5, 5.41) is 0. The van der Waals surface area contributed by atoms with Crippen LogP contribution in [0, 0.1) is 0 Å². The molecular weight excluding hydrogens is 316 g/mol. The van der Waals surface area contributed by atoms with Crippen molar-refractivity contribution in [2.45, 2.75) is 24.9 Å². The standard InChI is InChI=1S/C19H26N4O2/c1-2-19(24)21-7-5-15(6-8-21)22-9-10-23-16(12-22)13-25-18-11-14(20)3-4-17(18)23/h2-4,11,15-16H,1,5-10,12-13,20H2/t16-/m1/s1. The topological polar surface area (TPSA) is 62.0 Å². The molecule has 3 aliphatic rings. The predicted molar refractivity (Wildman–Crippen MR) is 98.9 cm³/mol. The summed E-state index contributed by atoms with van der Waals surface area (Å²) in [7, 11) is 0. The molecule has 4 rings (SSSR count). The number of nitrogens with zero attached hydrogens (tertiary/aromatic N) is 3. The lowest BCUT2D eigenvalue weighted by Crippen LogP contribution is -2.60. The zero-order valence-electron chi connectivity index (χ0n) is 14.6. The largest absolute Gasteiger partial charge is 0.489 e. The molecule has 134 valence electrons. The van der Waals surface area contributed by atoms with E-state index in [1.807, 2.05) is 17.0 Å². The summed E-state index contributed by atoms with van der Waals surface area (Å²) < 4.78 is 5.96. The number of hydrogen-bond donors (Lipinski definition) is 1. The normalized spacial score (nSPS) is 24.2. The molecule has 25 heavy (non-hydrogen) atoms. The van der Waals surface area contributed by atoms with Crippen LogP contribution in [-0.4, -0.2) is 67.1 Å². The average molecular weight is 342 g/mol. The molecule has 0 saturated carbocycles. The van der Waals surface area contributed by atoms with E-state index >= 15 is 0 Å². The second-order valence-corrected chi connectivity index (χ2v) is 7.14. The van der Waals surface area contributed by atoms with Crippen LogP contribution in [0.2, 0.25) is 0 Å². The minimum atomic E-state index is 0.0554. The van der Waals surface area contributed by atoms with E-state index in [2.05, 4.69) is 22.4 Å². The number of ether oxygens (including phenoxy) is 1. The molecule has 3 aliphatic heterocycles. The minimum absolute atomic E-state index is 0.0554. The zero-order chi connectivity index (χ0) is 17.4. The van der Waals surface area contributed by atoms with Gasteiger partial charge in [0.15, 0.2) is 0 Å². The molecule has 2 N–H and O–H groups in total. The molecule has 1 aromatic carbocycles. The van der Waals surface area contributed by atoms with Crippen LogP contribution in [0.25, 0.3) is 0 Å². The molecule has 0 aliphatic carbocycles. The van der Waals surface area contributed by atoms with E-state index in [0.29, 0.717) is 18.7 Å². The summed E-state index contributed by atoms with van der Waals surface area (Å²) in [6, 6.07) is 6.89. The number of nitrogen functional groups attached to an aromatic ring is 1. The molecule has 0 radical (unpaired) electrons. The molecule has 0 spiro atoms. The first-order chi connectivity index (χ1) is 12.2. The maximum Gasteiger partial charge on any atom is 0.245 e. The molecule has 1 aromatic rings. The van der Waals surface area contributed by atoms with Crippen LogP contribution in [-0.2, 0) is 4.79 Å². The number of amides is 1. The predicted octanol–water partition coefficient (Wildman–Crippen LogP) is 1.33. The third-order valence-electron chi connectivity index (χ3n) is 5.71. The van der Waals surface area contributed by atoms with Crippen LogP contribution in [0.3, 0.4) is 0 Å². The second kappa shape index (κ2) is 6.59. The van der Waals surface area contributed by atoms with Crippen molar-refractivity contribution in [2.75, 3.05) is 50.0 Å². The monoisotopic (exact) mass is 342 g/mol. The number of fused-ring (bicyclic) bond motifs is 3. The van der Waals surface area contributed by atoms with Crippen LogP contribution >= 0.6 is 0 Å². The molecule has 1 atom stereocenters. The Morgan fingerprint density at radius 3 is 2.76 bits per heavy atom.